The summed E-state index contributed by atoms with van der Waals surface area (Å²) in [5.41, 5.74) is 3.32. The molecule has 0 radical (unpaired) electrons. The molecule has 1 aliphatic heterocycles. The van der Waals surface area contributed by atoms with Crippen molar-refractivity contribution in [2.24, 2.45) is 5.92 Å². The Morgan fingerprint density at radius 2 is 1.80 bits per heavy atom. The number of benzene rings is 2. The molecular weight excluding hydrogens is 416 g/mol. The first-order valence-corrected chi connectivity index (χ1v) is 13.0. The second-order valence-electron chi connectivity index (χ2n) is 7.97. The van der Waals surface area contributed by atoms with Crippen molar-refractivity contribution in [2.45, 2.75) is 43.0 Å². The minimum atomic E-state index is -3.60. The van der Waals surface area contributed by atoms with Crippen molar-refractivity contribution in [1.29, 1.82) is 0 Å². The molecule has 0 bridgehead atoms. The molecule has 1 fully saturated rings. The topological polar surface area (TPSA) is 58.6 Å². The number of hydrogen-bond acceptors (Lipinski definition) is 5. The Hall–Kier alpha value is -1.54. The number of methoxy groups -OCH3 is 1. The average molecular weight is 449 g/mol. The van der Waals surface area contributed by atoms with Crippen LogP contribution in [0.2, 0.25) is 0 Å². The van der Waals surface area contributed by atoms with Crippen LogP contribution in [-0.2, 0) is 16.6 Å². The van der Waals surface area contributed by atoms with Crippen LogP contribution in [0.15, 0.2) is 46.2 Å². The minimum absolute atomic E-state index is 0.221. The number of aryl methyl sites for hydroxylation is 2. The molecule has 30 heavy (non-hydrogen) atoms. The molecule has 1 N–H and O–H groups in total. The lowest BCUT2D eigenvalue weighted by Crippen LogP contribution is -2.38. The fraction of sp³-hybridized carbons (Fsp3) is 0.478. The monoisotopic (exact) mass is 448 g/mol. The predicted octanol–water partition coefficient (Wildman–Crippen LogP) is 4.22. The van der Waals surface area contributed by atoms with Crippen LogP contribution in [0.5, 0.6) is 5.75 Å². The first kappa shape index (κ1) is 23.1. The van der Waals surface area contributed by atoms with Crippen LogP contribution in [-0.4, -0.2) is 46.3 Å². The molecule has 164 valence electrons. The van der Waals surface area contributed by atoms with Crippen molar-refractivity contribution in [3.8, 4) is 5.75 Å². The maximum absolute atomic E-state index is 12.9. The van der Waals surface area contributed by atoms with Gasteiger partial charge in [-0.2, -0.15) is 0 Å². The number of ether oxygens (including phenoxy) is 1. The van der Waals surface area contributed by atoms with E-state index in [2.05, 4.69) is 40.1 Å². The number of hydrogen-bond donors (Lipinski definition) is 1. The quantitative estimate of drug-likeness (QED) is 0.613. The molecule has 0 atom stereocenters. The number of likely N-dealkylation sites (tertiary alicyclic amines) is 1. The Balaban J connectivity index is 1.56. The summed E-state index contributed by atoms with van der Waals surface area (Å²) in [6.07, 6.45) is 4.10. The largest absolute Gasteiger partial charge is 0.495 e. The SMILES string of the molecule is COc1cc(C)c(C)cc1S(=O)(=O)NCC1CCN(Cc2ccccc2SC)CC1. The lowest BCUT2D eigenvalue weighted by molar-refractivity contribution is 0.177. The summed E-state index contributed by atoms with van der Waals surface area (Å²) >= 11 is 1.78. The van der Waals surface area contributed by atoms with E-state index in [4.69, 9.17) is 4.74 Å². The number of sulfonamides is 1. The first-order chi connectivity index (χ1) is 14.3. The van der Waals surface area contributed by atoms with Crippen molar-refractivity contribution < 1.29 is 13.2 Å². The van der Waals surface area contributed by atoms with Crippen molar-refractivity contribution in [1.82, 2.24) is 9.62 Å². The highest BCUT2D eigenvalue weighted by Gasteiger charge is 2.24. The molecule has 0 spiro atoms. The van der Waals surface area contributed by atoms with Gasteiger partial charge in [0, 0.05) is 18.0 Å². The van der Waals surface area contributed by atoms with E-state index in [9.17, 15) is 8.42 Å². The van der Waals surface area contributed by atoms with Crippen molar-refractivity contribution in [2.75, 3.05) is 33.0 Å². The number of thioether (sulfide) groups is 1. The standard InChI is InChI=1S/C23H32N2O3S2/c1-17-13-21(28-3)23(14-18(17)2)30(26,27)24-15-19-9-11-25(12-10-19)16-20-7-5-6-8-22(20)29-4/h5-8,13-14,19,24H,9-12,15-16H2,1-4H3. The third kappa shape index (κ3) is 5.58. The molecule has 3 rings (SSSR count). The van der Waals surface area contributed by atoms with E-state index in [1.54, 1.807) is 23.9 Å². The van der Waals surface area contributed by atoms with Crippen molar-refractivity contribution in [3.05, 3.63) is 53.1 Å². The minimum Gasteiger partial charge on any atom is -0.495 e. The van der Waals surface area contributed by atoms with E-state index in [0.717, 1.165) is 43.6 Å². The summed E-state index contributed by atoms with van der Waals surface area (Å²) in [7, 11) is -2.10. The zero-order valence-corrected chi connectivity index (χ0v) is 19.9. The molecule has 0 aliphatic carbocycles. The van der Waals surface area contributed by atoms with Crippen molar-refractivity contribution >= 4 is 21.8 Å². The molecule has 1 aliphatic rings. The van der Waals surface area contributed by atoms with Gasteiger partial charge in [0.2, 0.25) is 10.0 Å². The molecule has 2 aromatic carbocycles. The van der Waals surface area contributed by atoms with Crippen LogP contribution in [0.4, 0.5) is 0 Å². The predicted molar refractivity (Wildman–Crippen MR) is 124 cm³/mol. The Kier molecular flexibility index (Phi) is 7.85. The van der Waals surface area contributed by atoms with E-state index in [1.807, 2.05) is 13.8 Å². The van der Waals surface area contributed by atoms with Crippen LogP contribution >= 0.6 is 11.8 Å². The zero-order valence-electron chi connectivity index (χ0n) is 18.3. The van der Waals surface area contributed by atoms with Gasteiger partial charge in [-0.3, -0.25) is 4.90 Å². The maximum Gasteiger partial charge on any atom is 0.244 e. The molecule has 1 saturated heterocycles. The lowest BCUT2D eigenvalue weighted by Gasteiger charge is -2.32. The fourth-order valence-electron chi connectivity index (χ4n) is 3.86. The Morgan fingerprint density at radius 1 is 1.13 bits per heavy atom. The highest BCUT2D eigenvalue weighted by atomic mass is 32.2. The van der Waals surface area contributed by atoms with Gasteiger partial charge in [-0.15, -0.1) is 11.8 Å². The summed E-state index contributed by atoms with van der Waals surface area (Å²) in [5, 5.41) is 0. The molecule has 0 amide bonds. The maximum atomic E-state index is 12.9. The van der Waals surface area contributed by atoms with Crippen LogP contribution < -0.4 is 9.46 Å². The van der Waals surface area contributed by atoms with Crippen LogP contribution in [0.25, 0.3) is 0 Å². The van der Waals surface area contributed by atoms with Gasteiger partial charge in [-0.1, -0.05) is 18.2 Å². The number of nitrogens with one attached hydrogen (secondary N) is 1. The van der Waals surface area contributed by atoms with E-state index in [1.165, 1.54) is 17.6 Å². The van der Waals surface area contributed by atoms with Gasteiger partial charge in [0.05, 0.1) is 7.11 Å². The normalized spacial score (nSPS) is 16.0. The van der Waals surface area contributed by atoms with E-state index >= 15 is 0 Å². The van der Waals surface area contributed by atoms with Gasteiger partial charge in [-0.25, -0.2) is 13.1 Å². The Labute approximate surface area is 185 Å². The third-order valence-corrected chi connectivity index (χ3v) is 8.21. The molecule has 0 saturated carbocycles. The number of nitrogens with zero attached hydrogens (tertiary/aromatic N) is 1. The van der Waals surface area contributed by atoms with Crippen LogP contribution in [0.3, 0.4) is 0 Å². The Bertz CT molecular complexity index is 968. The molecular formula is C23H32N2O3S2. The molecule has 0 aromatic heterocycles. The summed E-state index contributed by atoms with van der Waals surface area (Å²) in [6.45, 7) is 7.26. The highest BCUT2D eigenvalue weighted by molar-refractivity contribution is 7.98. The smallest absolute Gasteiger partial charge is 0.244 e. The van der Waals surface area contributed by atoms with Gasteiger partial charge < -0.3 is 4.74 Å². The van der Waals surface area contributed by atoms with Gasteiger partial charge in [0.15, 0.2) is 0 Å². The Morgan fingerprint density at radius 3 is 2.47 bits per heavy atom. The fourth-order valence-corrected chi connectivity index (χ4v) is 5.82. The first-order valence-electron chi connectivity index (χ1n) is 10.3. The lowest BCUT2D eigenvalue weighted by atomic mass is 9.97. The summed E-state index contributed by atoms with van der Waals surface area (Å²) in [5.74, 6) is 0.747. The second-order valence-corrected chi connectivity index (χ2v) is 10.6. The number of piperidine rings is 1. The van der Waals surface area contributed by atoms with Gasteiger partial charge in [-0.05, 0) is 86.8 Å². The molecule has 2 aromatic rings. The van der Waals surface area contributed by atoms with Gasteiger partial charge >= 0.3 is 0 Å². The molecule has 1 heterocycles. The van der Waals surface area contributed by atoms with E-state index < -0.39 is 10.0 Å². The third-order valence-electron chi connectivity index (χ3n) is 5.93. The van der Waals surface area contributed by atoms with Crippen LogP contribution in [0.1, 0.15) is 29.5 Å². The molecule has 0 unspecified atom stereocenters. The summed E-state index contributed by atoms with van der Waals surface area (Å²) < 4.78 is 33.9. The van der Waals surface area contributed by atoms with Crippen LogP contribution in [0, 0.1) is 19.8 Å². The molecule has 5 nitrogen and oxygen atoms in total. The van der Waals surface area contributed by atoms with Gasteiger partial charge in [0.25, 0.3) is 0 Å². The summed E-state index contributed by atoms with van der Waals surface area (Å²) in [4.78, 5) is 4.01. The molecule has 7 heteroatoms. The number of rotatable bonds is 8. The van der Waals surface area contributed by atoms with Gasteiger partial charge in [0.1, 0.15) is 10.6 Å². The zero-order chi connectivity index (χ0) is 21.7. The van der Waals surface area contributed by atoms with E-state index in [0.29, 0.717) is 18.2 Å². The average Bonchev–Trinajstić information content (AvgIpc) is 2.75. The summed E-state index contributed by atoms with van der Waals surface area (Å²) in [6, 6.07) is 12.0. The van der Waals surface area contributed by atoms with E-state index in [-0.39, 0.29) is 4.90 Å². The highest BCUT2D eigenvalue weighted by Crippen LogP contribution is 2.28. The van der Waals surface area contributed by atoms with Crippen molar-refractivity contribution in [3.63, 3.8) is 0 Å². The second kappa shape index (κ2) is 10.2.